The SMILES string of the molecule is CC(C)OC(=O)c1cc(S(=O)(=O)N2CCCc3ccccc32)ccc1Cl. The van der Waals surface area contributed by atoms with E-state index >= 15 is 0 Å². The number of nitrogens with zero attached hydrogens (tertiary/aromatic N) is 1. The Hall–Kier alpha value is -2.05. The van der Waals surface area contributed by atoms with E-state index < -0.39 is 16.0 Å². The highest BCUT2D eigenvalue weighted by Gasteiger charge is 2.30. The summed E-state index contributed by atoms with van der Waals surface area (Å²) in [6.45, 7) is 3.84. The number of hydrogen-bond donors (Lipinski definition) is 0. The predicted molar refractivity (Wildman–Crippen MR) is 101 cm³/mol. The molecule has 0 spiro atoms. The molecule has 26 heavy (non-hydrogen) atoms. The molecule has 0 unspecified atom stereocenters. The van der Waals surface area contributed by atoms with Gasteiger partial charge in [-0.2, -0.15) is 0 Å². The first-order valence-corrected chi connectivity index (χ1v) is 10.2. The molecule has 0 N–H and O–H groups in total. The van der Waals surface area contributed by atoms with Gasteiger partial charge in [0.15, 0.2) is 0 Å². The maximum Gasteiger partial charge on any atom is 0.339 e. The van der Waals surface area contributed by atoms with Crippen molar-refractivity contribution < 1.29 is 17.9 Å². The minimum atomic E-state index is -3.81. The Labute approximate surface area is 158 Å². The number of hydrogen-bond acceptors (Lipinski definition) is 4. The smallest absolute Gasteiger partial charge is 0.339 e. The molecule has 0 fully saturated rings. The van der Waals surface area contributed by atoms with Crippen molar-refractivity contribution in [1.82, 2.24) is 0 Å². The molecule has 0 bridgehead atoms. The third-order valence-corrected chi connectivity index (χ3v) is 6.29. The lowest BCUT2D eigenvalue weighted by Crippen LogP contribution is -2.35. The van der Waals surface area contributed by atoms with Crippen LogP contribution in [0.25, 0.3) is 0 Å². The van der Waals surface area contributed by atoms with Gasteiger partial charge in [-0.05, 0) is 56.5 Å². The number of benzene rings is 2. The van der Waals surface area contributed by atoms with E-state index in [1.165, 1.54) is 22.5 Å². The zero-order valence-corrected chi connectivity index (χ0v) is 16.2. The number of carbonyl (C=O) groups is 1. The largest absolute Gasteiger partial charge is 0.459 e. The maximum absolute atomic E-state index is 13.2. The molecule has 2 aromatic rings. The van der Waals surface area contributed by atoms with Crippen LogP contribution < -0.4 is 4.31 Å². The molecular weight excluding hydrogens is 374 g/mol. The monoisotopic (exact) mass is 393 g/mol. The van der Waals surface area contributed by atoms with E-state index in [1.54, 1.807) is 19.9 Å². The molecular formula is C19H20ClNO4S. The van der Waals surface area contributed by atoms with Crippen LogP contribution in [-0.4, -0.2) is 27.0 Å². The highest BCUT2D eigenvalue weighted by atomic mass is 35.5. The number of esters is 1. The lowest BCUT2D eigenvalue weighted by atomic mass is 10.0. The minimum absolute atomic E-state index is 0.0225. The summed E-state index contributed by atoms with van der Waals surface area (Å²) in [6, 6.07) is 11.6. The van der Waals surface area contributed by atoms with Crippen LogP contribution in [0.4, 0.5) is 5.69 Å². The molecule has 7 heteroatoms. The summed E-state index contributed by atoms with van der Waals surface area (Å²) in [5.74, 6) is -0.638. The number of fused-ring (bicyclic) bond motifs is 1. The maximum atomic E-state index is 13.2. The van der Waals surface area contributed by atoms with Gasteiger partial charge in [0.05, 0.1) is 27.3 Å². The Bertz CT molecular complexity index is 940. The number of aryl methyl sites for hydroxylation is 1. The van der Waals surface area contributed by atoms with Gasteiger partial charge in [-0.3, -0.25) is 4.31 Å². The van der Waals surface area contributed by atoms with Gasteiger partial charge < -0.3 is 4.74 Å². The normalized spacial score (nSPS) is 14.2. The Morgan fingerprint density at radius 2 is 1.92 bits per heavy atom. The van der Waals surface area contributed by atoms with Crippen LogP contribution in [-0.2, 0) is 21.2 Å². The Morgan fingerprint density at radius 1 is 1.19 bits per heavy atom. The first kappa shape index (κ1) is 18.7. The van der Waals surface area contributed by atoms with E-state index in [0.29, 0.717) is 12.2 Å². The van der Waals surface area contributed by atoms with Gasteiger partial charge in [-0.1, -0.05) is 29.8 Å². The second kappa shape index (κ2) is 7.29. The van der Waals surface area contributed by atoms with Crippen LogP contribution in [0.3, 0.4) is 0 Å². The van der Waals surface area contributed by atoms with Crippen LogP contribution in [0, 0.1) is 0 Å². The van der Waals surface area contributed by atoms with Gasteiger partial charge in [0.1, 0.15) is 0 Å². The van der Waals surface area contributed by atoms with Crippen molar-refractivity contribution in [2.24, 2.45) is 0 Å². The second-order valence-electron chi connectivity index (χ2n) is 6.41. The van der Waals surface area contributed by atoms with Crippen molar-refractivity contribution in [2.75, 3.05) is 10.8 Å². The summed E-state index contributed by atoms with van der Waals surface area (Å²) in [7, 11) is -3.81. The summed E-state index contributed by atoms with van der Waals surface area (Å²) in [5.41, 5.74) is 1.72. The molecule has 0 aromatic heterocycles. The van der Waals surface area contributed by atoms with Crippen molar-refractivity contribution in [2.45, 2.75) is 37.7 Å². The second-order valence-corrected chi connectivity index (χ2v) is 8.67. The third-order valence-electron chi connectivity index (χ3n) is 4.16. The van der Waals surface area contributed by atoms with Gasteiger partial charge in [-0.15, -0.1) is 0 Å². The molecule has 0 radical (unpaired) electrons. The summed E-state index contributed by atoms with van der Waals surface area (Å²) >= 11 is 6.08. The number of sulfonamides is 1. The van der Waals surface area contributed by atoms with Crippen LogP contribution in [0.5, 0.6) is 0 Å². The molecule has 1 aliphatic heterocycles. The van der Waals surface area contributed by atoms with Crippen molar-refractivity contribution >= 4 is 33.3 Å². The molecule has 1 heterocycles. The van der Waals surface area contributed by atoms with E-state index in [-0.39, 0.29) is 21.6 Å². The van der Waals surface area contributed by atoms with Crippen molar-refractivity contribution in [3.63, 3.8) is 0 Å². The zero-order chi connectivity index (χ0) is 18.9. The topological polar surface area (TPSA) is 63.7 Å². The number of halogens is 1. The van der Waals surface area contributed by atoms with Gasteiger partial charge in [0.25, 0.3) is 10.0 Å². The number of rotatable bonds is 4. The van der Waals surface area contributed by atoms with Crippen molar-refractivity contribution in [3.05, 3.63) is 58.6 Å². The van der Waals surface area contributed by atoms with E-state index in [0.717, 1.165) is 18.4 Å². The lowest BCUT2D eigenvalue weighted by Gasteiger charge is -2.30. The number of carbonyl (C=O) groups excluding carboxylic acids is 1. The average Bonchev–Trinajstić information content (AvgIpc) is 2.60. The Morgan fingerprint density at radius 3 is 2.65 bits per heavy atom. The molecule has 138 valence electrons. The minimum Gasteiger partial charge on any atom is -0.459 e. The van der Waals surface area contributed by atoms with Crippen LogP contribution in [0.15, 0.2) is 47.4 Å². The van der Waals surface area contributed by atoms with E-state index in [2.05, 4.69) is 0 Å². The third kappa shape index (κ3) is 3.57. The highest BCUT2D eigenvalue weighted by Crippen LogP contribution is 2.33. The molecule has 5 nitrogen and oxygen atoms in total. The van der Waals surface area contributed by atoms with Crippen molar-refractivity contribution in [3.8, 4) is 0 Å². The molecule has 1 aliphatic rings. The van der Waals surface area contributed by atoms with E-state index in [9.17, 15) is 13.2 Å². The molecule has 0 amide bonds. The molecule has 3 rings (SSSR count). The van der Waals surface area contributed by atoms with Gasteiger partial charge >= 0.3 is 5.97 Å². The van der Waals surface area contributed by atoms with Gasteiger partial charge in [0.2, 0.25) is 0 Å². The average molecular weight is 394 g/mol. The summed E-state index contributed by atoms with van der Waals surface area (Å²) in [5, 5.41) is 0.161. The van der Waals surface area contributed by atoms with Gasteiger partial charge in [0, 0.05) is 6.54 Å². The first-order chi connectivity index (χ1) is 12.3. The number of anilines is 1. The van der Waals surface area contributed by atoms with Crippen molar-refractivity contribution in [1.29, 1.82) is 0 Å². The number of ether oxygens (including phenoxy) is 1. The lowest BCUT2D eigenvalue weighted by molar-refractivity contribution is 0.0378. The molecule has 0 aliphatic carbocycles. The van der Waals surface area contributed by atoms with E-state index in [4.69, 9.17) is 16.3 Å². The fourth-order valence-corrected chi connectivity index (χ4v) is 4.74. The molecule has 2 aromatic carbocycles. The fraction of sp³-hybridized carbons (Fsp3) is 0.316. The summed E-state index contributed by atoms with van der Waals surface area (Å²) in [6.07, 6.45) is 1.26. The Kier molecular flexibility index (Phi) is 5.25. The molecule has 0 saturated carbocycles. The first-order valence-electron chi connectivity index (χ1n) is 8.42. The van der Waals surface area contributed by atoms with Crippen LogP contribution in [0.1, 0.15) is 36.2 Å². The standard InChI is InChI=1S/C19H20ClNO4S/c1-13(2)25-19(22)16-12-15(9-10-17(16)20)26(23,24)21-11-5-7-14-6-3-4-8-18(14)21/h3-4,6,8-10,12-13H,5,7,11H2,1-2H3. The van der Waals surface area contributed by atoms with E-state index in [1.807, 2.05) is 18.2 Å². The van der Waals surface area contributed by atoms with Crippen LogP contribution >= 0.6 is 11.6 Å². The summed E-state index contributed by atoms with van der Waals surface area (Å²) < 4.78 is 32.9. The molecule has 0 atom stereocenters. The zero-order valence-electron chi connectivity index (χ0n) is 14.6. The highest BCUT2D eigenvalue weighted by molar-refractivity contribution is 7.92. The Balaban J connectivity index is 2.02. The van der Waals surface area contributed by atoms with Gasteiger partial charge in [-0.25, -0.2) is 13.2 Å². The predicted octanol–water partition coefficient (Wildman–Crippen LogP) is 4.05. The summed E-state index contributed by atoms with van der Waals surface area (Å²) in [4.78, 5) is 12.2. The quantitative estimate of drug-likeness (QED) is 0.735. The number of para-hydroxylation sites is 1. The van der Waals surface area contributed by atoms with Crippen LogP contribution in [0.2, 0.25) is 5.02 Å². The molecule has 0 saturated heterocycles. The fourth-order valence-electron chi connectivity index (χ4n) is 2.97.